The number of halogens is 1. The molecule has 5 aromatic heterocycles. The van der Waals surface area contributed by atoms with Gasteiger partial charge in [0.25, 0.3) is 5.91 Å². The van der Waals surface area contributed by atoms with Gasteiger partial charge in [0, 0.05) is 59.6 Å². The summed E-state index contributed by atoms with van der Waals surface area (Å²) in [5.41, 5.74) is 7.17. The Bertz CT molecular complexity index is 2190. The molecule has 0 saturated heterocycles. The first-order valence-electron chi connectivity index (χ1n) is 14.6. The fourth-order valence-corrected chi connectivity index (χ4v) is 5.23. The molecule has 0 atom stereocenters. The van der Waals surface area contributed by atoms with E-state index in [4.69, 9.17) is 4.98 Å². The van der Waals surface area contributed by atoms with Crippen molar-refractivity contribution in [3.8, 4) is 33.8 Å². The molecule has 0 fully saturated rings. The lowest BCUT2D eigenvalue weighted by Crippen LogP contribution is -2.20. The van der Waals surface area contributed by atoms with Crippen molar-refractivity contribution in [1.29, 1.82) is 0 Å². The van der Waals surface area contributed by atoms with E-state index in [0.717, 1.165) is 23.1 Å². The smallest absolute Gasteiger partial charge is 0.255 e. The number of rotatable bonds is 9. The molecule has 2 aromatic carbocycles. The second kappa shape index (κ2) is 12.2. The van der Waals surface area contributed by atoms with Gasteiger partial charge in [0.05, 0.1) is 34.5 Å². The van der Waals surface area contributed by atoms with Gasteiger partial charge in [0.15, 0.2) is 11.5 Å². The number of imidazole rings is 1. The summed E-state index contributed by atoms with van der Waals surface area (Å²) in [6.45, 7) is 1.49. The topological polar surface area (TPSA) is 140 Å². The van der Waals surface area contributed by atoms with Gasteiger partial charge in [0.1, 0.15) is 11.5 Å². The van der Waals surface area contributed by atoms with Crippen molar-refractivity contribution in [3.05, 3.63) is 103 Å². The van der Waals surface area contributed by atoms with E-state index in [1.807, 2.05) is 50.5 Å². The highest BCUT2D eigenvalue weighted by Gasteiger charge is 2.18. The molecular formula is C34H29FN10O. The van der Waals surface area contributed by atoms with E-state index in [0.29, 0.717) is 62.8 Å². The van der Waals surface area contributed by atoms with Crippen molar-refractivity contribution >= 4 is 39.3 Å². The predicted octanol–water partition coefficient (Wildman–Crippen LogP) is 5.99. The fourth-order valence-electron chi connectivity index (χ4n) is 5.23. The molecule has 0 aliphatic carbocycles. The molecule has 46 heavy (non-hydrogen) atoms. The minimum absolute atomic E-state index is 0.223. The van der Waals surface area contributed by atoms with Crippen LogP contribution >= 0.6 is 0 Å². The third-order valence-electron chi connectivity index (χ3n) is 7.50. The van der Waals surface area contributed by atoms with Crippen LogP contribution in [0, 0.1) is 5.82 Å². The van der Waals surface area contributed by atoms with Crippen molar-refractivity contribution in [2.75, 3.05) is 37.8 Å². The van der Waals surface area contributed by atoms with E-state index in [1.165, 1.54) is 12.1 Å². The van der Waals surface area contributed by atoms with Crippen molar-refractivity contribution in [1.82, 2.24) is 40.0 Å². The first kappa shape index (κ1) is 28.7. The number of amides is 1. The molecule has 0 aliphatic rings. The molecular weight excluding hydrogens is 583 g/mol. The van der Waals surface area contributed by atoms with Gasteiger partial charge in [-0.05, 0) is 62.1 Å². The lowest BCUT2D eigenvalue weighted by molar-refractivity contribution is 0.102. The molecule has 7 rings (SSSR count). The summed E-state index contributed by atoms with van der Waals surface area (Å²) >= 11 is 0. The summed E-state index contributed by atoms with van der Waals surface area (Å²) in [7, 11) is 3.98. The maximum atomic E-state index is 14.7. The molecule has 4 N–H and O–H groups in total. The Labute approximate surface area is 263 Å². The Morgan fingerprint density at radius 3 is 2.54 bits per heavy atom. The van der Waals surface area contributed by atoms with Gasteiger partial charge in [-0.1, -0.05) is 18.2 Å². The van der Waals surface area contributed by atoms with Crippen LogP contribution in [0.3, 0.4) is 0 Å². The highest BCUT2D eigenvalue weighted by Crippen LogP contribution is 2.33. The van der Waals surface area contributed by atoms with Gasteiger partial charge in [-0.15, -0.1) is 0 Å². The zero-order valence-corrected chi connectivity index (χ0v) is 25.0. The Morgan fingerprint density at radius 1 is 0.891 bits per heavy atom. The van der Waals surface area contributed by atoms with E-state index >= 15 is 0 Å². The maximum Gasteiger partial charge on any atom is 0.255 e. The van der Waals surface area contributed by atoms with Gasteiger partial charge < -0.3 is 20.5 Å². The average molecular weight is 613 g/mol. The first-order valence-corrected chi connectivity index (χ1v) is 14.6. The summed E-state index contributed by atoms with van der Waals surface area (Å²) in [6, 6.07) is 17.6. The van der Waals surface area contributed by atoms with Crippen molar-refractivity contribution in [3.63, 3.8) is 0 Å². The third kappa shape index (κ3) is 5.88. The van der Waals surface area contributed by atoms with Crippen LogP contribution in [0.5, 0.6) is 0 Å². The van der Waals surface area contributed by atoms with E-state index in [2.05, 4.69) is 45.7 Å². The first-order chi connectivity index (χ1) is 22.4. The number of nitrogens with zero attached hydrogens (tertiary/aromatic N) is 6. The molecule has 0 spiro atoms. The number of likely N-dealkylation sites (N-methyl/N-ethyl adjacent to an activating group) is 1. The van der Waals surface area contributed by atoms with Gasteiger partial charge in [0.2, 0.25) is 0 Å². The standard InChI is InChI=1S/C34H29FN10O/c1-45(2)9-8-38-25-11-21(10-24(35)14-25)28-18-37-19-29-30(28)42-33(41-29)31-27-13-23(16-39-32(27)44-43-31)22-12-26(17-36-15-22)40-34(46)20-6-4-3-5-7-20/h3-7,10-19,38H,8-9H2,1-2H3,(H,40,46)(H,41,42)(H,39,43,44). The second-order valence-corrected chi connectivity index (χ2v) is 11.1. The Balaban J connectivity index is 1.21. The summed E-state index contributed by atoms with van der Waals surface area (Å²) < 4.78 is 14.7. The van der Waals surface area contributed by atoms with Crippen molar-refractivity contribution in [2.24, 2.45) is 0 Å². The number of nitrogens with one attached hydrogen (secondary N) is 4. The highest BCUT2D eigenvalue weighted by molar-refractivity contribution is 6.04. The predicted molar refractivity (Wildman–Crippen MR) is 177 cm³/mol. The molecule has 1 amide bonds. The van der Waals surface area contributed by atoms with Crippen molar-refractivity contribution in [2.45, 2.75) is 0 Å². The molecule has 0 unspecified atom stereocenters. The molecule has 0 bridgehead atoms. The number of aromatic nitrogens is 7. The van der Waals surface area contributed by atoms with Crippen LogP contribution < -0.4 is 10.6 Å². The molecule has 0 saturated carbocycles. The van der Waals surface area contributed by atoms with Crippen LogP contribution in [-0.2, 0) is 0 Å². The molecule has 5 heterocycles. The number of hydrogen-bond donors (Lipinski definition) is 4. The summed E-state index contributed by atoms with van der Waals surface area (Å²) in [5.74, 6) is -0.0658. The minimum atomic E-state index is -0.354. The van der Waals surface area contributed by atoms with E-state index in [9.17, 15) is 9.18 Å². The number of hydrogen-bond acceptors (Lipinski definition) is 8. The van der Waals surface area contributed by atoms with Crippen LogP contribution in [0.25, 0.3) is 55.8 Å². The lowest BCUT2D eigenvalue weighted by Gasteiger charge is -2.12. The number of fused-ring (bicyclic) bond motifs is 2. The SMILES string of the molecule is CN(C)CCNc1cc(F)cc(-c2cncc3[nH]c(-c4n[nH]c5ncc(-c6cncc(NC(=O)c7ccccc7)c6)cc45)nc23)c1. The summed E-state index contributed by atoms with van der Waals surface area (Å²) in [4.78, 5) is 36.3. The van der Waals surface area contributed by atoms with Gasteiger partial charge in [-0.3, -0.25) is 19.9 Å². The molecule has 11 nitrogen and oxygen atoms in total. The highest BCUT2D eigenvalue weighted by atomic mass is 19.1. The zero-order chi connectivity index (χ0) is 31.6. The van der Waals surface area contributed by atoms with Crippen LogP contribution in [-0.4, -0.2) is 73.1 Å². The monoisotopic (exact) mass is 612 g/mol. The molecule has 7 aromatic rings. The summed E-state index contributed by atoms with van der Waals surface area (Å²) in [5, 5.41) is 14.4. The number of carbonyl (C=O) groups excluding carboxylic acids is 1. The summed E-state index contributed by atoms with van der Waals surface area (Å²) in [6.07, 6.45) is 8.40. The van der Waals surface area contributed by atoms with Gasteiger partial charge in [-0.2, -0.15) is 5.10 Å². The lowest BCUT2D eigenvalue weighted by atomic mass is 10.1. The normalized spacial score (nSPS) is 11.4. The third-order valence-corrected chi connectivity index (χ3v) is 7.50. The Morgan fingerprint density at radius 2 is 1.70 bits per heavy atom. The van der Waals surface area contributed by atoms with Crippen LogP contribution in [0.2, 0.25) is 0 Å². The van der Waals surface area contributed by atoms with E-state index in [-0.39, 0.29) is 11.7 Å². The van der Waals surface area contributed by atoms with E-state index < -0.39 is 0 Å². The number of anilines is 2. The van der Waals surface area contributed by atoms with Crippen LogP contribution in [0.1, 0.15) is 10.4 Å². The molecule has 12 heteroatoms. The maximum absolute atomic E-state index is 14.7. The molecule has 0 aliphatic heterocycles. The van der Waals surface area contributed by atoms with Crippen molar-refractivity contribution < 1.29 is 9.18 Å². The quantitative estimate of drug-likeness (QED) is 0.156. The minimum Gasteiger partial charge on any atom is -0.384 e. The number of benzene rings is 2. The fraction of sp³-hybridized carbons (Fsp3) is 0.118. The Hall–Kier alpha value is -6.01. The average Bonchev–Trinajstić information content (AvgIpc) is 3.69. The largest absolute Gasteiger partial charge is 0.384 e. The zero-order valence-electron chi connectivity index (χ0n) is 25.0. The van der Waals surface area contributed by atoms with Gasteiger partial charge >= 0.3 is 0 Å². The molecule has 228 valence electrons. The second-order valence-electron chi connectivity index (χ2n) is 11.1. The number of H-pyrrole nitrogens is 2. The van der Waals surface area contributed by atoms with Crippen LogP contribution in [0.4, 0.5) is 15.8 Å². The Kier molecular flexibility index (Phi) is 7.61. The molecule has 0 radical (unpaired) electrons. The van der Waals surface area contributed by atoms with E-state index in [1.54, 1.807) is 43.1 Å². The number of carbonyl (C=O) groups is 1. The van der Waals surface area contributed by atoms with Gasteiger partial charge in [-0.25, -0.2) is 14.4 Å². The number of pyridine rings is 3. The number of aromatic amines is 2. The van der Waals surface area contributed by atoms with Crippen LogP contribution in [0.15, 0.2) is 91.6 Å².